The molecule has 5 rings (SSSR count). The number of nitrogens with one attached hydrogen (secondary N) is 3. The van der Waals surface area contributed by atoms with E-state index in [1.807, 2.05) is 18.2 Å². The predicted octanol–water partition coefficient (Wildman–Crippen LogP) is 2.89. The molecule has 1 aromatic heterocycles. The van der Waals surface area contributed by atoms with Crippen molar-refractivity contribution in [3.63, 3.8) is 0 Å². The third-order valence-electron chi connectivity index (χ3n) is 7.73. The zero-order valence-corrected chi connectivity index (χ0v) is 20.2. The van der Waals surface area contributed by atoms with E-state index in [0.717, 1.165) is 62.1 Å². The lowest BCUT2D eigenvalue weighted by atomic mass is 9.69. The first-order chi connectivity index (χ1) is 17.4. The van der Waals surface area contributed by atoms with Gasteiger partial charge in [0.2, 0.25) is 5.91 Å². The summed E-state index contributed by atoms with van der Waals surface area (Å²) < 4.78 is 5.09. The molecule has 9 heteroatoms. The van der Waals surface area contributed by atoms with Crippen LogP contribution in [0, 0.1) is 17.3 Å². The first kappa shape index (κ1) is 24.1. The normalized spacial score (nSPS) is 24.4. The molecule has 2 fully saturated rings. The van der Waals surface area contributed by atoms with Gasteiger partial charge in [0.25, 0.3) is 0 Å². The fourth-order valence-electron chi connectivity index (χ4n) is 5.52. The van der Waals surface area contributed by atoms with Gasteiger partial charge in [-0.25, -0.2) is 14.6 Å². The molecular weight excluding hydrogens is 460 g/mol. The fourth-order valence-corrected chi connectivity index (χ4v) is 5.52. The summed E-state index contributed by atoms with van der Waals surface area (Å²) in [7, 11) is 0. The predicted molar refractivity (Wildman–Crippen MR) is 132 cm³/mol. The summed E-state index contributed by atoms with van der Waals surface area (Å²) in [6.45, 7) is 0.822. The fraction of sp³-hybridized carbons (Fsp3) is 0.481. The Bertz CT molecular complexity index is 1130. The number of aromatic nitrogens is 1. The molecule has 4 N–H and O–H groups in total. The first-order valence-corrected chi connectivity index (χ1v) is 12.6. The molecule has 2 amide bonds. The maximum absolute atomic E-state index is 12.6. The molecule has 0 bridgehead atoms. The van der Waals surface area contributed by atoms with Gasteiger partial charge in [-0.15, -0.1) is 0 Å². The molecule has 2 atom stereocenters. The average Bonchev–Trinajstić information content (AvgIpc) is 3.58. The Labute approximate surface area is 210 Å². The van der Waals surface area contributed by atoms with Gasteiger partial charge in [-0.3, -0.25) is 4.79 Å². The zero-order valence-electron chi connectivity index (χ0n) is 20.2. The second-order valence-electron chi connectivity index (χ2n) is 10.3. The molecule has 190 valence electrons. The molecule has 2 saturated carbocycles. The van der Waals surface area contributed by atoms with Gasteiger partial charge in [0, 0.05) is 24.7 Å². The average molecular weight is 493 g/mol. The highest BCUT2D eigenvalue weighted by atomic mass is 16.5. The van der Waals surface area contributed by atoms with Crippen LogP contribution < -0.4 is 16.0 Å². The number of alkyl carbamates (subject to hydrolysis) is 1. The largest absolute Gasteiger partial charge is 0.480 e. The van der Waals surface area contributed by atoms with E-state index in [1.54, 1.807) is 12.1 Å². The van der Waals surface area contributed by atoms with Crippen molar-refractivity contribution >= 4 is 23.8 Å². The van der Waals surface area contributed by atoms with Crippen molar-refractivity contribution in [2.45, 2.75) is 51.2 Å². The highest BCUT2D eigenvalue weighted by molar-refractivity contribution is 5.83. The van der Waals surface area contributed by atoms with Crippen LogP contribution in [-0.2, 0) is 33.8 Å². The second-order valence-corrected chi connectivity index (χ2v) is 10.3. The molecule has 0 radical (unpaired) electrons. The van der Waals surface area contributed by atoms with Gasteiger partial charge in [0.05, 0.1) is 0 Å². The summed E-state index contributed by atoms with van der Waals surface area (Å²) in [5.41, 5.74) is 3.41. The van der Waals surface area contributed by atoms with Gasteiger partial charge in [-0.05, 0) is 67.1 Å². The van der Waals surface area contributed by atoms with E-state index in [1.165, 1.54) is 5.56 Å². The number of hydrogen-bond donors (Lipinski definition) is 4. The number of anilines is 1. The number of rotatable bonds is 9. The number of amides is 2. The molecule has 2 aliphatic carbocycles. The highest BCUT2D eigenvalue weighted by Crippen LogP contribution is 2.68. The molecule has 0 saturated heterocycles. The Morgan fingerprint density at radius 1 is 1.14 bits per heavy atom. The number of carboxylic acids is 1. The number of carbonyl (C=O) groups is 3. The van der Waals surface area contributed by atoms with E-state index in [0.29, 0.717) is 5.92 Å². The Morgan fingerprint density at radius 2 is 1.94 bits per heavy atom. The standard InChI is InChI=1S/C27H32N4O5/c32-24(29-15-22(25(33)34)31-26(35)36-16-17-5-2-1-3-6-17)19-12-27(13-19)14-20(27)11-21-9-8-18-7-4-10-28-23(18)30-21/h1-3,5-6,8-9,19-20,22H,4,7,10-16H2,(H,28,30)(H,29,32)(H,31,35)(H,33,34)/t19?,20-,22-,27?/m0/s1. The van der Waals surface area contributed by atoms with Crippen LogP contribution in [-0.4, -0.2) is 47.2 Å². The van der Waals surface area contributed by atoms with Crippen LogP contribution >= 0.6 is 0 Å². The van der Waals surface area contributed by atoms with Crippen LogP contribution in [0.3, 0.4) is 0 Å². The van der Waals surface area contributed by atoms with Crippen LogP contribution in [0.1, 0.15) is 42.5 Å². The van der Waals surface area contributed by atoms with E-state index in [9.17, 15) is 19.5 Å². The summed E-state index contributed by atoms with van der Waals surface area (Å²) in [5.74, 6) is 0.0559. The number of fused-ring (bicyclic) bond motifs is 1. The number of hydrogen-bond acceptors (Lipinski definition) is 6. The molecule has 2 aromatic rings. The summed E-state index contributed by atoms with van der Waals surface area (Å²) >= 11 is 0. The number of carbonyl (C=O) groups excluding carboxylic acids is 2. The van der Waals surface area contributed by atoms with Gasteiger partial charge in [-0.2, -0.15) is 0 Å². The minimum absolute atomic E-state index is 0.0359. The number of nitrogens with zero attached hydrogens (tertiary/aromatic N) is 1. The lowest BCUT2D eigenvalue weighted by Gasteiger charge is -2.36. The SMILES string of the molecule is O=C(N[C@@H](CNC(=O)C1CC2(C1)C[C@@H]2Cc1ccc2c(n1)NCCC2)C(=O)O)OCc1ccccc1. The summed E-state index contributed by atoms with van der Waals surface area (Å²) in [4.78, 5) is 41.0. The Kier molecular flexibility index (Phi) is 6.80. The number of ether oxygens (including phenoxy) is 1. The van der Waals surface area contributed by atoms with Crippen molar-refractivity contribution in [2.75, 3.05) is 18.4 Å². The van der Waals surface area contributed by atoms with E-state index >= 15 is 0 Å². The Morgan fingerprint density at radius 3 is 2.72 bits per heavy atom. The quantitative estimate of drug-likeness (QED) is 0.424. The summed E-state index contributed by atoms with van der Waals surface area (Å²) in [6, 6.07) is 12.2. The first-order valence-electron chi connectivity index (χ1n) is 12.6. The minimum atomic E-state index is -1.26. The smallest absolute Gasteiger partial charge is 0.408 e. The summed E-state index contributed by atoms with van der Waals surface area (Å²) in [5, 5.41) is 17.8. The van der Waals surface area contributed by atoms with Crippen LogP contribution in [0.5, 0.6) is 0 Å². The second kappa shape index (κ2) is 10.2. The van der Waals surface area contributed by atoms with Crippen LogP contribution in [0.15, 0.2) is 42.5 Å². The molecule has 0 unspecified atom stereocenters. The third kappa shape index (κ3) is 5.45. The molecule has 1 aliphatic heterocycles. The Hall–Kier alpha value is -3.62. The van der Waals surface area contributed by atoms with Crippen molar-refractivity contribution in [1.29, 1.82) is 0 Å². The summed E-state index contributed by atoms with van der Waals surface area (Å²) in [6.07, 6.45) is 5.05. The van der Waals surface area contributed by atoms with Crippen molar-refractivity contribution < 1.29 is 24.2 Å². The van der Waals surface area contributed by atoms with Crippen molar-refractivity contribution in [3.8, 4) is 0 Å². The third-order valence-corrected chi connectivity index (χ3v) is 7.73. The van der Waals surface area contributed by atoms with Gasteiger partial charge >= 0.3 is 12.1 Å². The van der Waals surface area contributed by atoms with Crippen LogP contribution in [0.25, 0.3) is 0 Å². The monoisotopic (exact) mass is 492 g/mol. The maximum atomic E-state index is 12.6. The lowest BCUT2D eigenvalue weighted by molar-refractivity contribution is -0.139. The highest BCUT2D eigenvalue weighted by Gasteiger charge is 2.62. The molecule has 2 heterocycles. The molecular formula is C27H32N4O5. The molecule has 9 nitrogen and oxygen atoms in total. The molecule has 1 aromatic carbocycles. The maximum Gasteiger partial charge on any atom is 0.408 e. The van der Waals surface area contributed by atoms with E-state index in [-0.39, 0.29) is 30.4 Å². The zero-order chi connectivity index (χ0) is 25.1. The van der Waals surface area contributed by atoms with Crippen LogP contribution in [0.2, 0.25) is 0 Å². The van der Waals surface area contributed by atoms with E-state index in [4.69, 9.17) is 9.72 Å². The number of benzene rings is 1. The minimum Gasteiger partial charge on any atom is -0.480 e. The number of aryl methyl sites for hydroxylation is 1. The van der Waals surface area contributed by atoms with E-state index < -0.39 is 18.1 Å². The van der Waals surface area contributed by atoms with Gasteiger partial charge < -0.3 is 25.8 Å². The van der Waals surface area contributed by atoms with Gasteiger partial charge in [0.15, 0.2) is 0 Å². The molecule has 3 aliphatic rings. The van der Waals surface area contributed by atoms with Gasteiger partial charge in [0.1, 0.15) is 18.5 Å². The Balaban J connectivity index is 1.04. The number of carboxylic acid groups (broad SMARTS) is 1. The van der Waals surface area contributed by atoms with Crippen molar-refractivity contribution in [1.82, 2.24) is 15.6 Å². The van der Waals surface area contributed by atoms with Gasteiger partial charge in [-0.1, -0.05) is 36.4 Å². The lowest BCUT2D eigenvalue weighted by Crippen LogP contribution is -2.50. The van der Waals surface area contributed by atoms with Crippen LogP contribution in [0.4, 0.5) is 10.6 Å². The topological polar surface area (TPSA) is 130 Å². The molecule has 36 heavy (non-hydrogen) atoms. The van der Waals surface area contributed by atoms with E-state index in [2.05, 4.69) is 28.1 Å². The number of pyridine rings is 1. The number of aliphatic carboxylic acids is 1. The van der Waals surface area contributed by atoms with Crippen molar-refractivity contribution in [3.05, 3.63) is 59.3 Å². The molecule has 1 spiro atoms. The van der Waals surface area contributed by atoms with Crippen molar-refractivity contribution in [2.24, 2.45) is 17.3 Å².